The van der Waals surface area contributed by atoms with E-state index in [-0.39, 0.29) is 5.97 Å². The summed E-state index contributed by atoms with van der Waals surface area (Å²) in [5.74, 6) is -0.244. The summed E-state index contributed by atoms with van der Waals surface area (Å²) in [5, 5.41) is 3.00. The molecule has 0 radical (unpaired) electrons. The first-order valence-electron chi connectivity index (χ1n) is 7.02. The van der Waals surface area contributed by atoms with Gasteiger partial charge in [-0.25, -0.2) is 0 Å². The topological polar surface area (TPSA) is 66.0 Å². The lowest BCUT2D eigenvalue weighted by atomic mass is 9.96. The number of methoxy groups -OCH3 is 2. The quantitative estimate of drug-likeness (QED) is 0.403. The minimum atomic E-state index is -0.638. The molecule has 0 aromatic rings. The summed E-state index contributed by atoms with van der Waals surface area (Å²) < 4.78 is 20.5. The van der Waals surface area contributed by atoms with E-state index in [0.717, 1.165) is 12.8 Å². The largest absolute Gasteiger partial charge is 0.468 e. The molecule has 0 aliphatic heterocycles. The SMILES string of the molecule is CNC(C)(CCCOCCCOCCOC)C(=O)OC. The van der Waals surface area contributed by atoms with Crippen LogP contribution in [0.15, 0.2) is 0 Å². The fourth-order valence-corrected chi connectivity index (χ4v) is 1.69. The zero-order valence-corrected chi connectivity index (χ0v) is 13.2. The molecule has 6 nitrogen and oxygen atoms in total. The van der Waals surface area contributed by atoms with Crippen LogP contribution in [0.3, 0.4) is 0 Å². The lowest BCUT2D eigenvalue weighted by Crippen LogP contribution is -2.48. The zero-order valence-electron chi connectivity index (χ0n) is 13.2. The van der Waals surface area contributed by atoms with Crippen molar-refractivity contribution in [2.45, 2.75) is 31.7 Å². The summed E-state index contributed by atoms with van der Waals surface area (Å²) in [7, 11) is 4.81. The molecule has 20 heavy (non-hydrogen) atoms. The fourth-order valence-electron chi connectivity index (χ4n) is 1.69. The highest BCUT2D eigenvalue weighted by atomic mass is 16.5. The number of likely N-dealkylation sites (N-methyl/N-ethyl adjacent to an activating group) is 1. The lowest BCUT2D eigenvalue weighted by Gasteiger charge is -2.25. The summed E-state index contributed by atoms with van der Waals surface area (Å²) in [6.07, 6.45) is 2.35. The Balaban J connectivity index is 3.49. The molecule has 0 aliphatic carbocycles. The van der Waals surface area contributed by atoms with Crippen molar-refractivity contribution in [3.63, 3.8) is 0 Å². The van der Waals surface area contributed by atoms with Crippen LogP contribution in [0.5, 0.6) is 0 Å². The Morgan fingerprint density at radius 2 is 1.60 bits per heavy atom. The van der Waals surface area contributed by atoms with Gasteiger partial charge in [-0.05, 0) is 33.2 Å². The first-order chi connectivity index (χ1) is 9.60. The second-order valence-corrected chi connectivity index (χ2v) is 4.75. The standard InChI is InChI=1S/C14H29NO5/c1-14(15-2,13(16)18-4)7-5-8-19-9-6-10-20-12-11-17-3/h15H,5-12H2,1-4H3. The maximum Gasteiger partial charge on any atom is 0.325 e. The summed E-state index contributed by atoms with van der Waals surface area (Å²) in [6.45, 7) is 5.06. The van der Waals surface area contributed by atoms with E-state index < -0.39 is 5.54 Å². The molecule has 0 saturated carbocycles. The van der Waals surface area contributed by atoms with Gasteiger partial charge in [0.2, 0.25) is 0 Å². The monoisotopic (exact) mass is 291 g/mol. The van der Waals surface area contributed by atoms with Crippen molar-refractivity contribution in [1.82, 2.24) is 5.32 Å². The van der Waals surface area contributed by atoms with E-state index in [1.807, 2.05) is 6.92 Å². The van der Waals surface area contributed by atoms with Gasteiger partial charge in [0.05, 0.1) is 20.3 Å². The van der Waals surface area contributed by atoms with Crippen molar-refractivity contribution in [2.24, 2.45) is 0 Å². The third kappa shape index (κ3) is 8.47. The molecule has 0 rings (SSSR count). The smallest absolute Gasteiger partial charge is 0.325 e. The predicted molar refractivity (Wildman–Crippen MR) is 76.8 cm³/mol. The lowest BCUT2D eigenvalue weighted by molar-refractivity contribution is -0.148. The number of ether oxygens (including phenoxy) is 4. The highest BCUT2D eigenvalue weighted by Gasteiger charge is 2.31. The van der Waals surface area contributed by atoms with Crippen LogP contribution in [0, 0.1) is 0 Å². The average Bonchev–Trinajstić information content (AvgIpc) is 2.48. The Morgan fingerprint density at radius 3 is 2.15 bits per heavy atom. The van der Waals surface area contributed by atoms with Crippen molar-refractivity contribution in [1.29, 1.82) is 0 Å². The van der Waals surface area contributed by atoms with Crippen LogP contribution in [0.25, 0.3) is 0 Å². The van der Waals surface area contributed by atoms with Crippen LogP contribution < -0.4 is 5.32 Å². The number of rotatable bonds is 13. The van der Waals surface area contributed by atoms with Gasteiger partial charge in [0.1, 0.15) is 5.54 Å². The Bertz CT molecular complexity index is 250. The van der Waals surface area contributed by atoms with Gasteiger partial charge in [0, 0.05) is 26.9 Å². The van der Waals surface area contributed by atoms with Gasteiger partial charge in [-0.2, -0.15) is 0 Å². The van der Waals surface area contributed by atoms with Crippen molar-refractivity contribution >= 4 is 5.97 Å². The Hall–Kier alpha value is -0.690. The molecule has 0 spiro atoms. The molecular formula is C14H29NO5. The predicted octanol–water partition coefficient (Wildman–Crippen LogP) is 0.987. The molecular weight excluding hydrogens is 262 g/mol. The summed E-state index contributed by atoms with van der Waals surface area (Å²) in [4.78, 5) is 11.6. The Kier molecular flexibility index (Phi) is 11.7. The van der Waals surface area contributed by atoms with Crippen molar-refractivity contribution in [2.75, 3.05) is 54.3 Å². The highest BCUT2D eigenvalue weighted by Crippen LogP contribution is 2.13. The minimum absolute atomic E-state index is 0.244. The van der Waals surface area contributed by atoms with Gasteiger partial charge in [0.25, 0.3) is 0 Å². The number of hydrogen-bond donors (Lipinski definition) is 1. The first-order valence-corrected chi connectivity index (χ1v) is 7.02. The first kappa shape index (κ1) is 19.3. The normalized spacial score (nSPS) is 14.0. The van der Waals surface area contributed by atoms with Gasteiger partial charge in [-0.15, -0.1) is 0 Å². The molecule has 6 heteroatoms. The molecule has 1 atom stereocenters. The van der Waals surface area contributed by atoms with Crippen LogP contribution in [0.4, 0.5) is 0 Å². The van der Waals surface area contributed by atoms with E-state index >= 15 is 0 Å². The van der Waals surface area contributed by atoms with Gasteiger partial charge in [0.15, 0.2) is 0 Å². The summed E-state index contributed by atoms with van der Waals surface area (Å²) in [6, 6.07) is 0. The molecule has 0 heterocycles. The zero-order chi connectivity index (χ0) is 15.3. The molecule has 0 bridgehead atoms. The maximum atomic E-state index is 11.6. The van der Waals surface area contributed by atoms with Gasteiger partial charge >= 0.3 is 5.97 Å². The molecule has 0 saturated heterocycles. The molecule has 0 aromatic carbocycles. The van der Waals surface area contributed by atoms with Gasteiger partial charge in [-0.1, -0.05) is 0 Å². The summed E-state index contributed by atoms with van der Waals surface area (Å²) in [5.41, 5.74) is -0.638. The number of hydrogen-bond acceptors (Lipinski definition) is 6. The third-order valence-electron chi connectivity index (χ3n) is 3.16. The number of esters is 1. The molecule has 0 aliphatic rings. The van der Waals surface area contributed by atoms with Crippen LogP contribution in [0.2, 0.25) is 0 Å². The van der Waals surface area contributed by atoms with Crippen molar-refractivity contribution in [3.05, 3.63) is 0 Å². The fraction of sp³-hybridized carbons (Fsp3) is 0.929. The van der Waals surface area contributed by atoms with E-state index in [9.17, 15) is 4.79 Å². The third-order valence-corrected chi connectivity index (χ3v) is 3.16. The maximum absolute atomic E-state index is 11.6. The molecule has 0 amide bonds. The van der Waals surface area contributed by atoms with E-state index in [0.29, 0.717) is 39.5 Å². The Morgan fingerprint density at radius 1 is 1.00 bits per heavy atom. The minimum Gasteiger partial charge on any atom is -0.468 e. The number of nitrogens with one attached hydrogen (secondary N) is 1. The number of carbonyl (C=O) groups excluding carboxylic acids is 1. The van der Waals surface area contributed by atoms with E-state index in [1.165, 1.54) is 7.11 Å². The molecule has 0 aromatic heterocycles. The molecule has 120 valence electrons. The van der Waals surface area contributed by atoms with Crippen LogP contribution in [0.1, 0.15) is 26.2 Å². The molecule has 1 unspecified atom stereocenters. The molecule has 0 fully saturated rings. The summed E-state index contributed by atoms with van der Waals surface area (Å²) >= 11 is 0. The number of carbonyl (C=O) groups is 1. The van der Waals surface area contributed by atoms with Crippen molar-refractivity contribution in [3.8, 4) is 0 Å². The van der Waals surface area contributed by atoms with Crippen molar-refractivity contribution < 1.29 is 23.7 Å². The molecule has 1 N–H and O–H groups in total. The van der Waals surface area contributed by atoms with E-state index in [2.05, 4.69) is 5.32 Å². The van der Waals surface area contributed by atoms with E-state index in [1.54, 1.807) is 14.2 Å². The second-order valence-electron chi connectivity index (χ2n) is 4.75. The Labute approximate surface area is 122 Å². The van der Waals surface area contributed by atoms with E-state index in [4.69, 9.17) is 18.9 Å². The van der Waals surface area contributed by atoms with Gasteiger partial charge in [-0.3, -0.25) is 4.79 Å². The average molecular weight is 291 g/mol. The second kappa shape index (κ2) is 12.1. The van der Waals surface area contributed by atoms with Gasteiger partial charge < -0.3 is 24.3 Å². The van der Waals surface area contributed by atoms with Crippen LogP contribution in [-0.4, -0.2) is 65.8 Å². The highest BCUT2D eigenvalue weighted by molar-refractivity contribution is 5.80. The van der Waals surface area contributed by atoms with Crippen LogP contribution in [-0.2, 0) is 23.7 Å². The van der Waals surface area contributed by atoms with Crippen LogP contribution >= 0.6 is 0 Å².